The van der Waals surface area contributed by atoms with Gasteiger partial charge in [0.05, 0.1) is 16.4 Å². The lowest BCUT2D eigenvalue weighted by Crippen LogP contribution is -2.43. The Labute approximate surface area is 330 Å². The smallest absolute Gasteiger partial charge is 0.387 e. The number of anilines is 1. The molecule has 300 valence electrons. The fourth-order valence-corrected chi connectivity index (χ4v) is 8.86. The molecule has 1 saturated heterocycles. The lowest BCUT2D eigenvalue weighted by molar-refractivity contribution is -0.142. The van der Waals surface area contributed by atoms with Gasteiger partial charge in [-0.05, 0) is 68.5 Å². The number of aromatic nitrogens is 3. The van der Waals surface area contributed by atoms with Crippen LogP contribution in [0.25, 0.3) is 33.7 Å². The summed E-state index contributed by atoms with van der Waals surface area (Å²) in [6, 6.07) is 13.1. The van der Waals surface area contributed by atoms with Crippen LogP contribution in [-0.4, -0.2) is 79.0 Å². The largest absolute Gasteiger partial charge is 0.480 e. The first-order valence-electron chi connectivity index (χ1n) is 19.0. The van der Waals surface area contributed by atoms with Crippen molar-refractivity contribution in [3.63, 3.8) is 0 Å². The highest BCUT2D eigenvalue weighted by molar-refractivity contribution is 6.36. The van der Waals surface area contributed by atoms with Crippen LogP contribution >= 0.6 is 11.6 Å². The van der Waals surface area contributed by atoms with Gasteiger partial charge in [0.2, 0.25) is 11.8 Å². The molecule has 3 aromatic carbocycles. The predicted molar refractivity (Wildman–Crippen MR) is 205 cm³/mol. The molecule has 1 saturated carbocycles. The third kappa shape index (κ3) is 7.72. The zero-order valence-corrected chi connectivity index (χ0v) is 32.1. The summed E-state index contributed by atoms with van der Waals surface area (Å²) in [5.74, 6) is -3.67. The molecule has 0 spiro atoms. The highest BCUT2D eigenvalue weighted by atomic mass is 35.5. The predicted octanol–water partition coefficient (Wildman–Crippen LogP) is 8.70. The number of halogens is 5. The molecule has 11 nitrogen and oxygen atoms in total. The first-order valence-corrected chi connectivity index (χ1v) is 19.4. The molecule has 4 heterocycles. The topological polar surface area (TPSA) is 126 Å². The van der Waals surface area contributed by atoms with Crippen LogP contribution in [0.2, 0.25) is 5.02 Å². The van der Waals surface area contributed by atoms with Crippen molar-refractivity contribution in [2.24, 2.45) is 7.05 Å². The second-order valence-corrected chi connectivity index (χ2v) is 15.5. The number of hydrogen-bond acceptors (Lipinski definition) is 8. The fraction of sp³-hybridized carbons (Fsp3) is 0.415. The number of amides is 1. The van der Waals surface area contributed by atoms with Gasteiger partial charge in [-0.1, -0.05) is 35.9 Å². The minimum Gasteiger partial charge on any atom is -0.480 e. The van der Waals surface area contributed by atoms with Gasteiger partial charge in [0.25, 0.3) is 5.91 Å². The number of nitrogens with one attached hydrogen (secondary N) is 1. The molecule has 5 aromatic rings. The number of carboxylic acids is 1. The van der Waals surface area contributed by atoms with Gasteiger partial charge in [0.15, 0.2) is 11.4 Å². The highest BCUT2D eigenvalue weighted by Gasteiger charge is 2.38. The van der Waals surface area contributed by atoms with Gasteiger partial charge in [-0.2, -0.15) is 8.78 Å². The first kappa shape index (κ1) is 38.9. The molecule has 1 amide bonds. The van der Waals surface area contributed by atoms with Gasteiger partial charge in [-0.3, -0.25) is 19.4 Å². The van der Waals surface area contributed by atoms with Gasteiger partial charge < -0.3 is 24.1 Å². The van der Waals surface area contributed by atoms with Gasteiger partial charge in [0.1, 0.15) is 17.3 Å². The van der Waals surface area contributed by atoms with E-state index in [2.05, 4.69) is 10.2 Å². The summed E-state index contributed by atoms with van der Waals surface area (Å²) >= 11 is 6.99. The summed E-state index contributed by atoms with van der Waals surface area (Å²) in [6.07, 6.45) is 2.44. The van der Waals surface area contributed by atoms with Crippen molar-refractivity contribution in [1.29, 1.82) is 0 Å². The monoisotopic (exact) mass is 808 g/mol. The van der Waals surface area contributed by atoms with E-state index in [0.29, 0.717) is 84.7 Å². The number of ether oxygens (including phenoxy) is 1. The lowest BCUT2D eigenvalue weighted by atomic mass is 9.90. The quantitative estimate of drug-likeness (QED) is 0.133. The molecule has 2 N–H and O–H groups in total. The van der Waals surface area contributed by atoms with Gasteiger partial charge in [0, 0.05) is 80.4 Å². The van der Waals surface area contributed by atoms with Crippen molar-refractivity contribution < 1.29 is 41.4 Å². The molecule has 16 heteroatoms. The number of fused-ring (bicyclic) bond motifs is 2. The van der Waals surface area contributed by atoms with Gasteiger partial charge >= 0.3 is 12.6 Å². The van der Waals surface area contributed by atoms with Crippen LogP contribution < -0.4 is 10.1 Å². The molecular weight excluding hydrogens is 768 g/mol. The van der Waals surface area contributed by atoms with Crippen LogP contribution in [0.5, 0.6) is 5.75 Å². The van der Waals surface area contributed by atoms with E-state index in [1.54, 1.807) is 34.7 Å². The van der Waals surface area contributed by atoms with E-state index in [0.717, 1.165) is 22.5 Å². The van der Waals surface area contributed by atoms with Crippen LogP contribution in [0.15, 0.2) is 52.9 Å². The van der Waals surface area contributed by atoms with E-state index in [9.17, 15) is 32.3 Å². The van der Waals surface area contributed by atoms with Crippen molar-refractivity contribution in [2.75, 3.05) is 18.4 Å². The molecule has 1 aliphatic carbocycles. The molecule has 2 aromatic heterocycles. The molecule has 57 heavy (non-hydrogen) atoms. The molecule has 2 aliphatic heterocycles. The number of carboxylic acid groups (broad SMARTS) is 1. The summed E-state index contributed by atoms with van der Waals surface area (Å²) in [5, 5.41) is 12.9. The van der Waals surface area contributed by atoms with Crippen LogP contribution in [0.3, 0.4) is 0 Å². The number of carbonyl (C=O) groups excluding carboxylic acids is 1. The summed E-state index contributed by atoms with van der Waals surface area (Å²) in [5.41, 5.74) is 5.80. The molecule has 0 bridgehead atoms. The maximum atomic E-state index is 13.8. The van der Waals surface area contributed by atoms with Crippen LogP contribution in [-0.2, 0) is 31.4 Å². The third-order valence-electron chi connectivity index (χ3n) is 11.6. The third-order valence-corrected chi connectivity index (χ3v) is 12.0. The molecule has 0 radical (unpaired) electrons. The second kappa shape index (κ2) is 15.4. The number of rotatable bonds is 10. The Kier molecular flexibility index (Phi) is 10.5. The summed E-state index contributed by atoms with van der Waals surface area (Å²) in [4.78, 5) is 38.8. The second-order valence-electron chi connectivity index (χ2n) is 15.1. The Morgan fingerprint density at radius 2 is 1.79 bits per heavy atom. The van der Waals surface area contributed by atoms with Crippen molar-refractivity contribution in [1.82, 2.24) is 24.3 Å². The van der Waals surface area contributed by atoms with E-state index in [-0.39, 0.29) is 48.5 Å². The molecular formula is C41H41ClF4N6O5. The maximum absolute atomic E-state index is 13.8. The van der Waals surface area contributed by atoms with Crippen molar-refractivity contribution >= 4 is 40.3 Å². The Balaban J connectivity index is 1.03. The van der Waals surface area contributed by atoms with Crippen LogP contribution in [0.4, 0.5) is 23.2 Å². The Bertz CT molecular complexity index is 2360. The molecule has 8 rings (SSSR count). The van der Waals surface area contributed by atoms with Crippen molar-refractivity contribution in [2.45, 2.75) is 89.6 Å². The summed E-state index contributed by atoms with van der Waals surface area (Å²) < 4.78 is 67.3. The average molecular weight is 809 g/mol. The number of nitrogens with zero attached hydrogens (tertiary/aromatic N) is 5. The zero-order valence-electron chi connectivity index (χ0n) is 31.3. The van der Waals surface area contributed by atoms with Crippen LogP contribution in [0, 0.1) is 6.92 Å². The van der Waals surface area contributed by atoms with E-state index < -0.39 is 30.5 Å². The summed E-state index contributed by atoms with van der Waals surface area (Å²) in [7, 11) is 1.80. The average Bonchev–Trinajstić information content (AvgIpc) is 3.89. The van der Waals surface area contributed by atoms with Crippen LogP contribution in [0.1, 0.15) is 71.7 Å². The van der Waals surface area contributed by atoms with E-state index in [4.69, 9.17) is 30.7 Å². The highest BCUT2D eigenvalue weighted by Crippen LogP contribution is 2.41. The van der Waals surface area contributed by atoms with Crippen molar-refractivity contribution in [3.8, 4) is 28.3 Å². The fourth-order valence-electron chi connectivity index (χ4n) is 8.58. The zero-order chi connectivity index (χ0) is 40.2. The summed E-state index contributed by atoms with van der Waals surface area (Å²) in [6.45, 7) is 0.571. The van der Waals surface area contributed by atoms with Gasteiger partial charge in [-0.25, -0.2) is 18.7 Å². The Morgan fingerprint density at radius 1 is 1.05 bits per heavy atom. The molecule has 1 atom stereocenters. The van der Waals surface area contributed by atoms with Gasteiger partial charge in [-0.15, -0.1) is 0 Å². The lowest BCUT2D eigenvalue weighted by Gasteiger charge is -2.38. The number of aliphatic carboxylic acids is 1. The Morgan fingerprint density at radius 3 is 2.54 bits per heavy atom. The van der Waals surface area contributed by atoms with E-state index >= 15 is 0 Å². The minimum atomic E-state index is -3.10. The van der Waals surface area contributed by atoms with E-state index in [1.807, 2.05) is 31.2 Å². The number of oxazole rings is 1. The SMILES string of the molecule is Cc1c(-c2nc3cc(CN4CCC[C@@H]4C(=O)O)c(OC(F)F)cc3o2)cccc1-c1cccc(NC(=O)c2nc3c(n2C)CCN(C2CCC(F)(F)CC2)C3)c1Cl. The maximum Gasteiger partial charge on any atom is 0.387 e. The van der Waals surface area contributed by atoms with Crippen molar-refractivity contribution in [3.05, 3.63) is 81.9 Å². The normalized spacial score (nSPS) is 19.0. The molecule has 0 unspecified atom stereocenters. The first-order chi connectivity index (χ1) is 27.3. The van der Waals surface area contributed by atoms with E-state index in [1.165, 1.54) is 6.07 Å². The number of likely N-dealkylation sites (tertiary alicyclic amines) is 1. The molecule has 2 fully saturated rings. The Hall–Kier alpha value is -4.99. The number of alkyl halides is 4. The number of hydrogen-bond donors (Lipinski definition) is 2. The number of benzene rings is 3. The molecule has 3 aliphatic rings. The standard InChI is InChI=1S/C41H41ClF4N6O5/c1-22-25(6-3-7-26(22)38-49-29-18-23(20-52-16-5-10-32(52)39(54)55)33(57-40(43)44)19-34(29)56-38)27-8-4-9-28(35(27)42)48-37(53)36-47-30-21-51(17-13-31(30)50(36)2)24-11-14-41(45,46)15-12-24/h3-4,6-9,18-19,24,32,40H,5,10-17,20-21H2,1-2H3,(H,48,53)(H,54,55)/t32-/m1/s1. The number of carbonyl (C=O) groups is 2. The number of imidazole rings is 1. The minimum absolute atomic E-state index is 0.0661.